The smallest absolute Gasteiger partial charge is 0.306 e. The van der Waals surface area contributed by atoms with E-state index in [0.717, 1.165) is 96.3 Å². The molecule has 0 N–H and O–H groups in total. The molecule has 0 aliphatic rings. The second kappa shape index (κ2) is 52.9. The maximum Gasteiger partial charge on any atom is 0.306 e. The first-order chi connectivity index (χ1) is 32.0. The Balaban J connectivity index is 4.38. The molecule has 6 nitrogen and oxygen atoms in total. The number of unbranched alkanes of at least 4 members (excludes halogenated alkanes) is 20. The zero-order valence-corrected chi connectivity index (χ0v) is 42.2. The Kier molecular flexibility index (Phi) is 50.0. The van der Waals surface area contributed by atoms with Gasteiger partial charge in [-0.05, 0) is 103 Å². The summed E-state index contributed by atoms with van der Waals surface area (Å²) in [4.78, 5) is 37.9. The van der Waals surface area contributed by atoms with Gasteiger partial charge in [0.15, 0.2) is 6.10 Å². The van der Waals surface area contributed by atoms with Crippen molar-refractivity contribution < 1.29 is 28.6 Å². The minimum absolute atomic E-state index is 0.114. The second-order valence-corrected chi connectivity index (χ2v) is 17.4. The van der Waals surface area contributed by atoms with Crippen molar-refractivity contribution in [2.24, 2.45) is 0 Å². The van der Waals surface area contributed by atoms with Crippen LogP contribution in [0, 0.1) is 0 Å². The van der Waals surface area contributed by atoms with Gasteiger partial charge in [-0.3, -0.25) is 14.4 Å². The number of ether oxygens (including phenoxy) is 3. The molecule has 0 aromatic heterocycles. The van der Waals surface area contributed by atoms with E-state index in [0.29, 0.717) is 19.3 Å². The van der Waals surface area contributed by atoms with E-state index in [-0.39, 0.29) is 31.6 Å². The first-order valence-corrected chi connectivity index (χ1v) is 26.7. The highest BCUT2D eigenvalue weighted by atomic mass is 16.6. The lowest BCUT2D eigenvalue weighted by atomic mass is 10.1. The summed E-state index contributed by atoms with van der Waals surface area (Å²) in [6.07, 6.45) is 69.9. The number of allylic oxidation sites excluding steroid dienone is 16. The summed E-state index contributed by atoms with van der Waals surface area (Å²) in [7, 11) is 0. The Morgan fingerprint density at radius 2 is 0.646 bits per heavy atom. The van der Waals surface area contributed by atoms with Crippen LogP contribution in [0.1, 0.15) is 239 Å². The van der Waals surface area contributed by atoms with E-state index in [9.17, 15) is 14.4 Å². The van der Waals surface area contributed by atoms with Gasteiger partial charge in [0.2, 0.25) is 0 Å². The van der Waals surface area contributed by atoms with E-state index in [4.69, 9.17) is 14.2 Å². The molecule has 0 rings (SSSR count). The molecule has 0 aliphatic heterocycles. The SMILES string of the molecule is CC/C=C\C/C=C\C/C=C\C/C=C\CCC(=O)OC(COC(=O)CCCCCCC/C=C\CCCC)COC(=O)CCCCCCCCCC/C=C\C/C=C\C/C=C\CCCCCCC. The van der Waals surface area contributed by atoms with Gasteiger partial charge in [-0.25, -0.2) is 0 Å². The van der Waals surface area contributed by atoms with Crippen LogP contribution < -0.4 is 0 Å². The molecule has 0 aliphatic carbocycles. The fourth-order valence-corrected chi connectivity index (χ4v) is 7.03. The summed E-state index contributed by atoms with van der Waals surface area (Å²) in [6.45, 7) is 6.39. The molecular formula is C59H98O6. The Morgan fingerprint density at radius 3 is 1.06 bits per heavy atom. The molecule has 65 heavy (non-hydrogen) atoms. The van der Waals surface area contributed by atoms with Crippen LogP contribution in [0.5, 0.6) is 0 Å². The van der Waals surface area contributed by atoms with Gasteiger partial charge < -0.3 is 14.2 Å². The van der Waals surface area contributed by atoms with Crippen molar-refractivity contribution in [3.8, 4) is 0 Å². The number of esters is 3. The average molecular weight is 903 g/mol. The fraction of sp³-hybridized carbons (Fsp3) is 0.678. The van der Waals surface area contributed by atoms with Gasteiger partial charge in [-0.1, -0.05) is 214 Å². The summed E-state index contributed by atoms with van der Waals surface area (Å²) in [5, 5.41) is 0. The van der Waals surface area contributed by atoms with Crippen molar-refractivity contribution in [3.05, 3.63) is 97.2 Å². The lowest BCUT2D eigenvalue weighted by Crippen LogP contribution is -2.30. The third kappa shape index (κ3) is 51.2. The molecule has 0 spiro atoms. The van der Waals surface area contributed by atoms with Crippen LogP contribution >= 0.6 is 0 Å². The minimum atomic E-state index is -0.822. The highest BCUT2D eigenvalue weighted by molar-refractivity contribution is 5.71. The molecule has 0 saturated carbocycles. The van der Waals surface area contributed by atoms with Crippen LogP contribution in [-0.2, 0) is 28.6 Å². The average Bonchev–Trinajstić information content (AvgIpc) is 3.30. The maximum absolute atomic E-state index is 12.7. The third-order valence-corrected chi connectivity index (χ3v) is 11.1. The molecule has 0 amide bonds. The zero-order valence-electron chi connectivity index (χ0n) is 42.2. The molecule has 6 heteroatoms. The van der Waals surface area contributed by atoms with Gasteiger partial charge >= 0.3 is 17.9 Å². The van der Waals surface area contributed by atoms with Crippen molar-refractivity contribution >= 4 is 17.9 Å². The molecule has 0 fully saturated rings. The van der Waals surface area contributed by atoms with Crippen LogP contribution in [0.25, 0.3) is 0 Å². The highest BCUT2D eigenvalue weighted by Gasteiger charge is 2.19. The topological polar surface area (TPSA) is 78.9 Å². The van der Waals surface area contributed by atoms with E-state index in [1.165, 1.54) is 96.3 Å². The molecule has 1 unspecified atom stereocenters. The largest absolute Gasteiger partial charge is 0.462 e. The van der Waals surface area contributed by atoms with Gasteiger partial charge in [-0.2, -0.15) is 0 Å². The Hall–Kier alpha value is -3.67. The number of carbonyl (C=O) groups is 3. The fourth-order valence-electron chi connectivity index (χ4n) is 7.03. The van der Waals surface area contributed by atoms with Gasteiger partial charge in [-0.15, -0.1) is 0 Å². The summed E-state index contributed by atoms with van der Waals surface area (Å²) < 4.78 is 16.7. The van der Waals surface area contributed by atoms with Crippen LogP contribution in [0.4, 0.5) is 0 Å². The molecule has 0 aromatic rings. The standard InChI is InChI=1S/C59H98O6/c1-4-7-10-13-16-19-22-24-25-26-27-28-29-30-31-32-33-35-37-40-43-46-49-52-58(61)64-55-56(54-63-57(60)51-48-45-42-39-36-21-18-15-12-9-6-3)65-59(62)53-50-47-44-41-38-34-23-20-17-14-11-8-5-2/h8,11,15,17-18,20,22,24,26-27,29-30,34,38,44,47,56H,4-7,9-10,12-14,16,19,21,23,25,28,31-33,35-37,39-43,45-46,48-55H2,1-3H3/b11-8-,18-15-,20-17-,24-22-,27-26-,30-29-,38-34-,47-44-. The molecule has 0 heterocycles. The number of rotatable bonds is 47. The first kappa shape index (κ1) is 61.3. The summed E-state index contributed by atoms with van der Waals surface area (Å²) in [5.41, 5.74) is 0. The zero-order chi connectivity index (χ0) is 47.2. The van der Waals surface area contributed by atoms with Crippen molar-refractivity contribution in [2.45, 2.75) is 245 Å². The quantitative estimate of drug-likeness (QED) is 0.0262. The molecular weight excluding hydrogens is 805 g/mol. The first-order valence-electron chi connectivity index (χ1n) is 26.7. The van der Waals surface area contributed by atoms with E-state index in [2.05, 4.69) is 106 Å². The summed E-state index contributed by atoms with van der Waals surface area (Å²) in [6, 6.07) is 0. The summed E-state index contributed by atoms with van der Waals surface area (Å²) in [5.74, 6) is -1.02. The third-order valence-electron chi connectivity index (χ3n) is 11.1. The van der Waals surface area contributed by atoms with Crippen LogP contribution in [0.3, 0.4) is 0 Å². The van der Waals surface area contributed by atoms with Gasteiger partial charge in [0.25, 0.3) is 0 Å². The monoisotopic (exact) mass is 903 g/mol. The Labute approximate surface area is 400 Å². The minimum Gasteiger partial charge on any atom is -0.462 e. The Bertz CT molecular complexity index is 1310. The molecule has 0 radical (unpaired) electrons. The van der Waals surface area contributed by atoms with Gasteiger partial charge in [0.1, 0.15) is 13.2 Å². The number of hydrogen-bond donors (Lipinski definition) is 0. The predicted octanol–water partition coefficient (Wildman–Crippen LogP) is 17.8. The van der Waals surface area contributed by atoms with Gasteiger partial charge in [0.05, 0.1) is 0 Å². The normalized spacial score (nSPS) is 12.8. The number of hydrogen-bond acceptors (Lipinski definition) is 6. The van der Waals surface area contributed by atoms with E-state index >= 15 is 0 Å². The Morgan fingerprint density at radius 1 is 0.323 bits per heavy atom. The molecule has 0 saturated heterocycles. The van der Waals surface area contributed by atoms with Crippen molar-refractivity contribution in [3.63, 3.8) is 0 Å². The van der Waals surface area contributed by atoms with Crippen molar-refractivity contribution in [1.29, 1.82) is 0 Å². The number of carbonyl (C=O) groups excluding carboxylic acids is 3. The predicted molar refractivity (Wildman–Crippen MR) is 279 cm³/mol. The van der Waals surface area contributed by atoms with Crippen LogP contribution in [0.15, 0.2) is 97.2 Å². The van der Waals surface area contributed by atoms with E-state index in [1.54, 1.807) is 0 Å². The van der Waals surface area contributed by atoms with E-state index in [1.807, 2.05) is 12.2 Å². The highest BCUT2D eigenvalue weighted by Crippen LogP contribution is 2.13. The summed E-state index contributed by atoms with van der Waals surface area (Å²) >= 11 is 0. The molecule has 0 bridgehead atoms. The molecule has 0 aromatic carbocycles. The van der Waals surface area contributed by atoms with Gasteiger partial charge in [0, 0.05) is 19.3 Å². The van der Waals surface area contributed by atoms with Crippen molar-refractivity contribution in [2.75, 3.05) is 13.2 Å². The van der Waals surface area contributed by atoms with Crippen LogP contribution in [0.2, 0.25) is 0 Å². The second-order valence-electron chi connectivity index (χ2n) is 17.4. The van der Waals surface area contributed by atoms with Crippen molar-refractivity contribution in [1.82, 2.24) is 0 Å². The van der Waals surface area contributed by atoms with E-state index < -0.39 is 12.1 Å². The maximum atomic E-state index is 12.7. The molecule has 1 atom stereocenters. The lowest BCUT2D eigenvalue weighted by molar-refractivity contribution is -0.166. The lowest BCUT2D eigenvalue weighted by Gasteiger charge is -2.18. The molecule has 370 valence electrons. The van der Waals surface area contributed by atoms with Crippen LogP contribution in [-0.4, -0.2) is 37.2 Å².